The van der Waals surface area contributed by atoms with Crippen molar-refractivity contribution in [1.82, 2.24) is 4.90 Å². The van der Waals surface area contributed by atoms with Crippen molar-refractivity contribution >= 4 is 104 Å². The van der Waals surface area contributed by atoms with Crippen LogP contribution in [0.3, 0.4) is 0 Å². The van der Waals surface area contributed by atoms with Gasteiger partial charge in [0, 0.05) is 68.4 Å². The molecule has 0 saturated heterocycles. The lowest BCUT2D eigenvalue weighted by atomic mass is 9.88. The Morgan fingerprint density at radius 1 is 0.621 bits per heavy atom. The largest absolute Gasteiger partial charge is 0.334 e. The number of aryl methyl sites for hydroxylation is 2. The van der Waals surface area contributed by atoms with Gasteiger partial charge >= 0.3 is 0 Å². The van der Waals surface area contributed by atoms with E-state index >= 15 is 0 Å². The number of carbonyl (C=O) groups excluding carboxylic acids is 1. The molecule has 7 heteroatoms. The molecule has 0 saturated carbocycles. The first-order valence-corrected chi connectivity index (χ1v) is 30.0. The Hall–Kier alpha value is -3.07. The molecule has 1 aliphatic heterocycles. The molecule has 0 bridgehead atoms. The van der Waals surface area contributed by atoms with Gasteiger partial charge in [-0.3, -0.25) is 4.79 Å². The molecule has 8 aromatic rings. The summed E-state index contributed by atoms with van der Waals surface area (Å²) in [5.41, 5.74) is 5.53. The van der Waals surface area contributed by atoms with E-state index in [1.807, 2.05) is 45.3 Å². The predicted molar refractivity (Wildman–Crippen MR) is 299 cm³/mol. The third kappa shape index (κ3) is 8.77. The van der Waals surface area contributed by atoms with Gasteiger partial charge in [0.05, 0.1) is 20.2 Å². The van der Waals surface area contributed by atoms with Gasteiger partial charge in [0.25, 0.3) is 5.91 Å². The Balaban J connectivity index is 1.22. The minimum atomic E-state index is 0.154. The highest BCUT2D eigenvalue weighted by atomic mass is 32.1. The minimum Gasteiger partial charge on any atom is -0.334 e. The second-order valence-electron chi connectivity index (χ2n) is 20.3. The first-order chi connectivity index (χ1) is 32.1. The summed E-state index contributed by atoms with van der Waals surface area (Å²) in [6, 6.07) is 19.4. The molecular weight excluding hydrogens is 899 g/mol. The molecule has 0 radical (unpaired) electrons. The van der Waals surface area contributed by atoms with E-state index in [9.17, 15) is 4.79 Å². The zero-order chi connectivity index (χ0) is 46.3. The van der Waals surface area contributed by atoms with E-state index in [2.05, 4.69) is 127 Å². The summed E-state index contributed by atoms with van der Waals surface area (Å²) in [5, 5.41) is 8.61. The van der Waals surface area contributed by atoms with Crippen LogP contribution < -0.4 is 0 Å². The highest BCUT2D eigenvalue weighted by Gasteiger charge is 2.38. The Morgan fingerprint density at radius 2 is 1.21 bits per heavy atom. The third-order valence-corrected chi connectivity index (χ3v) is 22.3. The van der Waals surface area contributed by atoms with E-state index in [-0.39, 0.29) is 11.3 Å². The molecule has 350 valence electrons. The quantitative estimate of drug-likeness (QED) is 0.0462. The molecule has 66 heavy (non-hydrogen) atoms. The fourth-order valence-corrected chi connectivity index (χ4v) is 17.7. The van der Waals surface area contributed by atoms with E-state index < -0.39 is 0 Å². The second kappa shape index (κ2) is 20.5. The van der Waals surface area contributed by atoms with Crippen LogP contribution >= 0.6 is 56.7 Å². The molecule has 1 aliphatic rings. The summed E-state index contributed by atoms with van der Waals surface area (Å²) in [7, 11) is 0. The number of unbranched alkanes of at least 4 members (excludes halogenated alkanes) is 7. The number of amides is 1. The van der Waals surface area contributed by atoms with Crippen LogP contribution in [0, 0.1) is 5.92 Å². The third-order valence-electron chi connectivity index (χ3n) is 15.3. The normalized spacial score (nSPS) is 14.4. The van der Waals surface area contributed by atoms with E-state index in [4.69, 9.17) is 0 Å². The maximum absolute atomic E-state index is 14.7. The maximum atomic E-state index is 14.7. The number of hydrogen-bond acceptors (Lipinski definition) is 6. The van der Waals surface area contributed by atoms with E-state index in [0.29, 0.717) is 11.8 Å². The summed E-state index contributed by atoms with van der Waals surface area (Å²) < 4.78 is 2.79. The first-order valence-electron chi connectivity index (χ1n) is 25.9. The second-order valence-corrected chi connectivity index (χ2v) is 25.6. The molecule has 2 unspecified atom stereocenters. The molecular formula is C59H73NOS5. The van der Waals surface area contributed by atoms with Crippen LogP contribution in [0.2, 0.25) is 0 Å². The van der Waals surface area contributed by atoms with E-state index in [0.717, 1.165) is 50.8 Å². The van der Waals surface area contributed by atoms with Crippen LogP contribution in [-0.4, -0.2) is 17.4 Å². The average molecular weight is 973 g/mol. The number of fused-ring (bicyclic) bond motifs is 3. The van der Waals surface area contributed by atoms with Crippen LogP contribution in [0.25, 0.3) is 71.0 Å². The van der Waals surface area contributed by atoms with Crippen molar-refractivity contribution in [2.75, 3.05) is 6.54 Å². The van der Waals surface area contributed by atoms with E-state index in [1.54, 1.807) is 5.56 Å². The smallest absolute Gasteiger partial charge is 0.256 e. The highest BCUT2D eigenvalue weighted by Crippen LogP contribution is 2.57. The monoisotopic (exact) mass is 971 g/mol. The van der Waals surface area contributed by atoms with Gasteiger partial charge in [-0.2, -0.15) is 0 Å². The number of benzene rings is 3. The van der Waals surface area contributed by atoms with Crippen LogP contribution in [0.1, 0.15) is 195 Å². The van der Waals surface area contributed by atoms with E-state index in [1.165, 1.54) is 162 Å². The van der Waals surface area contributed by atoms with Gasteiger partial charge < -0.3 is 4.90 Å². The van der Waals surface area contributed by atoms with Crippen molar-refractivity contribution < 1.29 is 4.79 Å². The Bertz CT molecular complexity index is 2940. The zero-order valence-corrected chi connectivity index (χ0v) is 45.5. The van der Waals surface area contributed by atoms with Crippen molar-refractivity contribution in [2.45, 2.75) is 183 Å². The van der Waals surface area contributed by atoms with Gasteiger partial charge in [0.1, 0.15) is 0 Å². The van der Waals surface area contributed by atoms with Gasteiger partial charge in [0.2, 0.25) is 0 Å². The van der Waals surface area contributed by atoms with Crippen molar-refractivity contribution in [3.8, 4) is 29.3 Å². The van der Waals surface area contributed by atoms with Gasteiger partial charge in [-0.1, -0.05) is 144 Å². The lowest BCUT2D eigenvalue weighted by molar-refractivity contribution is 0.0747. The molecule has 1 amide bonds. The topological polar surface area (TPSA) is 20.3 Å². The fraction of sp³-hybridized carbons (Fsp3) is 0.508. The molecule has 0 spiro atoms. The maximum Gasteiger partial charge on any atom is 0.256 e. The van der Waals surface area contributed by atoms with Crippen LogP contribution in [0.4, 0.5) is 0 Å². The predicted octanol–water partition coefficient (Wildman–Crippen LogP) is 20.7. The van der Waals surface area contributed by atoms with Crippen LogP contribution in [0.15, 0.2) is 48.5 Å². The number of carbonyl (C=O) groups is 1. The lowest BCUT2D eigenvalue weighted by Crippen LogP contribution is -2.30. The molecule has 0 aliphatic carbocycles. The number of hydrogen-bond donors (Lipinski definition) is 0. The van der Waals surface area contributed by atoms with Gasteiger partial charge in [-0.15, -0.1) is 56.7 Å². The summed E-state index contributed by atoms with van der Waals surface area (Å²) >= 11 is 10.0. The summed E-state index contributed by atoms with van der Waals surface area (Å²) in [4.78, 5) is 28.3. The zero-order valence-electron chi connectivity index (χ0n) is 41.4. The van der Waals surface area contributed by atoms with Crippen molar-refractivity contribution in [1.29, 1.82) is 0 Å². The highest BCUT2D eigenvalue weighted by molar-refractivity contribution is 7.30. The Labute approximate surface area is 416 Å². The van der Waals surface area contributed by atoms with Crippen LogP contribution in [0.5, 0.6) is 0 Å². The first kappa shape index (κ1) is 48.0. The Kier molecular flexibility index (Phi) is 14.9. The molecule has 0 fully saturated rings. The molecule has 3 aromatic carbocycles. The fourth-order valence-electron chi connectivity index (χ4n) is 10.7. The molecule has 9 rings (SSSR count). The molecule has 2 nitrogen and oxygen atoms in total. The molecule has 5 aromatic heterocycles. The summed E-state index contributed by atoms with van der Waals surface area (Å²) in [5.74, 6) is 1.27. The molecule has 0 N–H and O–H groups in total. The van der Waals surface area contributed by atoms with Crippen LogP contribution in [-0.2, 0) is 24.8 Å². The number of rotatable bonds is 23. The van der Waals surface area contributed by atoms with Crippen molar-refractivity contribution in [3.05, 3.63) is 80.5 Å². The number of thiophene rings is 5. The SMILES string of the molecule is CCCCCCc1cc(-c2sc(C(C)CC)c3c2C(=O)N(CC(CC)CCCC)C3)sc1-c1sc2cccc3c4c(-c5sc(C(C)(C)CC)cc5CCCCCC)sc5cccc(c1c23)c54. The number of nitrogens with zero attached hydrogens (tertiary/aromatic N) is 1. The van der Waals surface area contributed by atoms with Gasteiger partial charge in [-0.05, 0) is 114 Å². The van der Waals surface area contributed by atoms with Crippen molar-refractivity contribution in [2.24, 2.45) is 5.92 Å². The molecule has 6 heterocycles. The minimum absolute atomic E-state index is 0.154. The average Bonchev–Trinajstić information content (AvgIpc) is 4.19. The van der Waals surface area contributed by atoms with Crippen molar-refractivity contribution in [3.63, 3.8) is 0 Å². The van der Waals surface area contributed by atoms with Gasteiger partial charge in [0.15, 0.2) is 0 Å². The standard InChI is InChI=1S/C59H73NOS5/c1-10-16-19-21-26-38-32-45(55-51-42(52(66-55)36(7)13-4)35-60(58(51)61)34-37(14-5)25-18-12-3)64-53(38)56-49-40-28-23-31-44-48(40)50(41-29-24-30-43(62-56)47(41)49)57(63-44)54-39(27-22-20-17-11-2)33-46(65-54)59(8,9)15-6/h23-24,28-33,36-37H,10-22,25-27,34-35H2,1-9H3. The summed E-state index contributed by atoms with van der Waals surface area (Å²) in [6.45, 7) is 22.8. The van der Waals surface area contributed by atoms with Gasteiger partial charge in [-0.25, -0.2) is 0 Å². The molecule has 2 atom stereocenters. The lowest BCUT2D eigenvalue weighted by Gasteiger charge is -2.23. The summed E-state index contributed by atoms with van der Waals surface area (Å²) in [6.07, 6.45) is 19.3. The Morgan fingerprint density at radius 3 is 1.77 bits per heavy atom.